The SMILES string of the molecule is CC(C)C(C)(C)CNS(=O)(=O)c1ccc(CN)o1. The van der Waals surface area contributed by atoms with E-state index in [2.05, 4.69) is 18.6 Å². The van der Waals surface area contributed by atoms with Crippen molar-refractivity contribution in [3.63, 3.8) is 0 Å². The number of nitrogens with one attached hydrogen (secondary N) is 1. The molecule has 1 heterocycles. The maximum atomic E-state index is 12.0. The lowest BCUT2D eigenvalue weighted by Gasteiger charge is -2.28. The Morgan fingerprint density at radius 1 is 1.39 bits per heavy atom. The predicted octanol–water partition coefficient (Wildman–Crippen LogP) is 1.70. The van der Waals surface area contributed by atoms with Crippen molar-refractivity contribution in [3.05, 3.63) is 17.9 Å². The smallest absolute Gasteiger partial charge is 0.273 e. The lowest BCUT2D eigenvalue weighted by molar-refractivity contribution is 0.251. The number of hydrogen-bond donors (Lipinski definition) is 2. The molecule has 0 atom stereocenters. The van der Waals surface area contributed by atoms with E-state index in [-0.39, 0.29) is 17.1 Å². The molecule has 0 aliphatic rings. The van der Waals surface area contributed by atoms with Crippen LogP contribution in [0.4, 0.5) is 0 Å². The van der Waals surface area contributed by atoms with E-state index in [1.54, 1.807) is 6.07 Å². The van der Waals surface area contributed by atoms with Gasteiger partial charge in [0.2, 0.25) is 5.09 Å². The second kappa shape index (κ2) is 5.42. The van der Waals surface area contributed by atoms with Crippen LogP contribution in [0, 0.1) is 11.3 Å². The molecule has 104 valence electrons. The van der Waals surface area contributed by atoms with Crippen LogP contribution in [0.1, 0.15) is 33.5 Å². The van der Waals surface area contributed by atoms with Gasteiger partial charge in [0.1, 0.15) is 5.76 Å². The standard InChI is InChI=1S/C12H22N2O3S/c1-9(2)12(3,4)8-14-18(15,16)11-6-5-10(7-13)17-11/h5-6,9,14H,7-8,13H2,1-4H3. The first-order chi connectivity index (χ1) is 8.19. The summed E-state index contributed by atoms with van der Waals surface area (Å²) in [4.78, 5) is 0. The summed E-state index contributed by atoms with van der Waals surface area (Å²) < 4.78 is 31.7. The van der Waals surface area contributed by atoms with E-state index in [4.69, 9.17) is 10.2 Å². The normalized spacial score (nSPS) is 13.2. The Hall–Kier alpha value is -0.850. The van der Waals surface area contributed by atoms with Crippen LogP contribution in [0.25, 0.3) is 0 Å². The molecular formula is C12H22N2O3S. The Bertz CT molecular complexity index is 489. The monoisotopic (exact) mass is 274 g/mol. The molecule has 0 radical (unpaired) electrons. The van der Waals surface area contributed by atoms with E-state index in [1.165, 1.54) is 6.07 Å². The first-order valence-electron chi connectivity index (χ1n) is 5.97. The highest BCUT2D eigenvalue weighted by Crippen LogP contribution is 2.25. The van der Waals surface area contributed by atoms with Crippen molar-refractivity contribution in [1.29, 1.82) is 0 Å². The predicted molar refractivity (Wildman–Crippen MR) is 70.4 cm³/mol. The number of sulfonamides is 1. The molecule has 0 amide bonds. The summed E-state index contributed by atoms with van der Waals surface area (Å²) >= 11 is 0. The van der Waals surface area contributed by atoms with Crippen molar-refractivity contribution in [1.82, 2.24) is 4.72 Å². The van der Waals surface area contributed by atoms with Crippen LogP contribution < -0.4 is 10.5 Å². The highest BCUT2D eigenvalue weighted by atomic mass is 32.2. The average molecular weight is 274 g/mol. The number of rotatable bonds is 6. The lowest BCUT2D eigenvalue weighted by atomic mass is 9.81. The largest absolute Gasteiger partial charge is 0.447 e. The van der Waals surface area contributed by atoms with Crippen molar-refractivity contribution < 1.29 is 12.8 Å². The molecule has 0 aliphatic heterocycles. The summed E-state index contributed by atoms with van der Waals surface area (Å²) in [6, 6.07) is 3.00. The van der Waals surface area contributed by atoms with E-state index in [0.717, 1.165) is 0 Å². The Labute approximate surface area is 109 Å². The molecule has 18 heavy (non-hydrogen) atoms. The van der Waals surface area contributed by atoms with Crippen LogP contribution in [-0.4, -0.2) is 15.0 Å². The van der Waals surface area contributed by atoms with Gasteiger partial charge in [-0.15, -0.1) is 0 Å². The summed E-state index contributed by atoms with van der Waals surface area (Å²) in [5, 5.41) is -0.0810. The maximum absolute atomic E-state index is 12.0. The zero-order valence-electron chi connectivity index (χ0n) is 11.4. The van der Waals surface area contributed by atoms with Crippen molar-refractivity contribution in [3.8, 4) is 0 Å². The molecule has 5 nitrogen and oxygen atoms in total. The molecule has 0 unspecified atom stereocenters. The highest BCUT2D eigenvalue weighted by Gasteiger charge is 2.26. The summed E-state index contributed by atoms with van der Waals surface area (Å²) in [5.41, 5.74) is 5.27. The van der Waals surface area contributed by atoms with Crippen LogP contribution in [0.2, 0.25) is 0 Å². The molecule has 1 aromatic rings. The van der Waals surface area contributed by atoms with E-state index >= 15 is 0 Å². The van der Waals surface area contributed by atoms with Gasteiger partial charge < -0.3 is 10.2 Å². The molecule has 0 aromatic carbocycles. The molecule has 1 aromatic heterocycles. The fourth-order valence-electron chi connectivity index (χ4n) is 1.17. The van der Waals surface area contributed by atoms with Crippen LogP contribution in [0.5, 0.6) is 0 Å². The van der Waals surface area contributed by atoms with Gasteiger partial charge in [-0.1, -0.05) is 27.7 Å². The van der Waals surface area contributed by atoms with E-state index in [1.807, 2.05) is 13.8 Å². The zero-order chi connectivity index (χ0) is 14.0. The van der Waals surface area contributed by atoms with Gasteiger partial charge in [-0.3, -0.25) is 0 Å². The minimum atomic E-state index is -3.59. The fraction of sp³-hybridized carbons (Fsp3) is 0.667. The van der Waals surface area contributed by atoms with Crippen molar-refractivity contribution in [2.75, 3.05) is 6.54 Å². The summed E-state index contributed by atoms with van der Waals surface area (Å²) in [6.45, 7) is 8.72. The third kappa shape index (κ3) is 3.57. The molecule has 0 spiro atoms. The third-order valence-electron chi connectivity index (χ3n) is 3.38. The Morgan fingerprint density at radius 2 is 2.00 bits per heavy atom. The quantitative estimate of drug-likeness (QED) is 0.826. The Morgan fingerprint density at radius 3 is 2.44 bits per heavy atom. The van der Waals surface area contributed by atoms with Crippen molar-refractivity contribution >= 4 is 10.0 Å². The van der Waals surface area contributed by atoms with Gasteiger partial charge in [0.25, 0.3) is 10.0 Å². The second-order valence-electron chi connectivity index (χ2n) is 5.39. The van der Waals surface area contributed by atoms with Gasteiger partial charge >= 0.3 is 0 Å². The summed E-state index contributed by atoms with van der Waals surface area (Å²) in [6.07, 6.45) is 0. The Balaban J connectivity index is 2.77. The Kier molecular flexibility index (Phi) is 4.58. The lowest BCUT2D eigenvalue weighted by Crippen LogP contribution is -2.36. The number of hydrogen-bond acceptors (Lipinski definition) is 4. The number of nitrogens with two attached hydrogens (primary N) is 1. The molecular weight excluding hydrogens is 252 g/mol. The van der Waals surface area contributed by atoms with E-state index in [9.17, 15) is 8.42 Å². The molecule has 0 saturated carbocycles. The molecule has 6 heteroatoms. The zero-order valence-corrected chi connectivity index (χ0v) is 12.2. The fourth-order valence-corrected chi connectivity index (χ4v) is 2.34. The van der Waals surface area contributed by atoms with Crippen LogP contribution in [0.15, 0.2) is 21.6 Å². The third-order valence-corrected chi connectivity index (χ3v) is 4.66. The summed E-state index contributed by atoms with van der Waals surface area (Å²) in [7, 11) is -3.59. The van der Waals surface area contributed by atoms with Crippen LogP contribution >= 0.6 is 0 Å². The molecule has 1 rings (SSSR count). The van der Waals surface area contributed by atoms with E-state index in [0.29, 0.717) is 18.2 Å². The van der Waals surface area contributed by atoms with Gasteiger partial charge in [0, 0.05) is 6.54 Å². The van der Waals surface area contributed by atoms with Gasteiger partial charge in [0.15, 0.2) is 0 Å². The number of furan rings is 1. The second-order valence-corrected chi connectivity index (χ2v) is 7.09. The average Bonchev–Trinajstić information content (AvgIpc) is 2.75. The topological polar surface area (TPSA) is 85.3 Å². The minimum Gasteiger partial charge on any atom is -0.447 e. The molecule has 0 saturated heterocycles. The molecule has 0 aliphatic carbocycles. The maximum Gasteiger partial charge on any atom is 0.273 e. The highest BCUT2D eigenvalue weighted by molar-refractivity contribution is 7.89. The molecule has 0 bridgehead atoms. The van der Waals surface area contributed by atoms with Gasteiger partial charge in [-0.25, -0.2) is 13.1 Å². The van der Waals surface area contributed by atoms with E-state index < -0.39 is 10.0 Å². The van der Waals surface area contributed by atoms with Crippen molar-refractivity contribution in [2.24, 2.45) is 17.1 Å². The first-order valence-corrected chi connectivity index (χ1v) is 7.46. The van der Waals surface area contributed by atoms with Gasteiger partial charge in [-0.05, 0) is 23.5 Å². The van der Waals surface area contributed by atoms with Crippen LogP contribution in [0.3, 0.4) is 0 Å². The van der Waals surface area contributed by atoms with Gasteiger partial charge in [0.05, 0.1) is 6.54 Å². The van der Waals surface area contributed by atoms with Crippen LogP contribution in [-0.2, 0) is 16.6 Å². The minimum absolute atomic E-state index is 0.0810. The first kappa shape index (κ1) is 15.2. The summed E-state index contributed by atoms with van der Waals surface area (Å²) in [5.74, 6) is 0.829. The molecule has 0 fully saturated rings. The molecule has 3 N–H and O–H groups in total. The van der Waals surface area contributed by atoms with Crippen molar-refractivity contribution in [2.45, 2.75) is 39.3 Å². The van der Waals surface area contributed by atoms with Gasteiger partial charge in [-0.2, -0.15) is 0 Å².